The molecule has 0 aromatic carbocycles. The van der Waals surface area contributed by atoms with Gasteiger partial charge in [-0.25, -0.2) is 0 Å². The molecule has 1 aliphatic carbocycles. The number of aliphatic hydroxyl groups is 4. The molecule has 2 aromatic rings. The van der Waals surface area contributed by atoms with Crippen LogP contribution < -0.4 is 0 Å². The number of nitrogens with zero attached hydrogens (tertiary/aromatic N) is 2. The van der Waals surface area contributed by atoms with E-state index in [0.29, 0.717) is 24.2 Å². The van der Waals surface area contributed by atoms with Crippen LogP contribution in [0.15, 0.2) is 22.8 Å². The van der Waals surface area contributed by atoms with Crippen molar-refractivity contribution in [2.24, 2.45) is 0 Å². The van der Waals surface area contributed by atoms with Gasteiger partial charge in [-0.15, -0.1) is 0 Å². The molecule has 4 rings (SSSR count). The van der Waals surface area contributed by atoms with E-state index < -0.39 is 37.3 Å². The Hall–Kier alpha value is -2.06. The molecule has 0 radical (unpaired) electrons. The molecule has 148 valence electrons. The maximum absolute atomic E-state index is 10.6. The second kappa shape index (κ2) is 7.40. The molecular weight excluding hydrogens is 384 g/mol. The second-order valence-electron chi connectivity index (χ2n) is 7.01. The molecule has 3 heterocycles. The van der Waals surface area contributed by atoms with Crippen LogP contribution in [0.2, 0.25) is 0 Å². The highest BCUT2D eigenvalue weighted by Crippen LogP contribution is 2.40. The predicted molar refractivity (Wildman–Crippen MR) is 98.7 cm³/mol. The molecule has 0 bridgehead atoms. The third-order valence-electron chi connectivity index (χ3n) is 5.46. The van der Waals surface area contributed by atoms with E-state index in [1.807, 2.05) is 0 Å². The fourth-order valence-electron chi connectivity index (χ4n) is 4.12. The molecule has 0 unspecified atom stereocenters. The van der Waals surface area contributed by atoms with E-state index in [1.165, 1.54) is 6.26 Å². The minimum atomic E-state index is -1.52. The van der Waals surface area contributed by atoms with Crippen molar-refractivity contribution < 1.29 is 29.6 Å². The molecule has 4 N–H and O–H groups in total. The highest BCUT2D eigenvalue weighted by Gasteiger charge is 2.45. The van der Waals surface area contributed by atoms with Crippen LogP contribution in [0.1, 0.15) is 29.5 Å². The van der Waals surface area contributed by atoms with Crippen molar-refractivity contribution in [2.75, 3.05) is 6.61 Å². The van der Waals surface area contributed by atoms with Gasteiger partial charge < -0.3 is 34.1 Å². The molecule has 8 nitrogen and oxygen atoms in total. The average molecular weight is 404 g/mol. The van der Waals surface area contributed by atoms with E-state index in [0.717, 1.165) is 17.7 Å². The summed E-state index contributed by atoms with van der Waals surface area (Å²) in [5, 5.41) is 50.1. The Kier molecular flexibility index (Phi) is 5.09. The summed E-state index contributed by atoms with van der Waals surface area (Å²) >= 11 is 5.57. The summed E-state index contributed by atoms with van der Waals surface area (Å²) in [6.07, 6.45) is -2.95. The summed E-state index contributed by atoms with van der Waals surface area (Å²) in [6.45, 7) is -0.535. The van der Waals surface area contributed by atoms with E-state index in [2.05, 4.69) is 6.07 Å². The zero-order chi connectivity index (χ0) is 20.0. The highest BCUT2D eigenvalue weighted by atomic mass is 32.1. The number of aliphatic hydroxyl groups excluding tert-OH is 4. The minimum Gasteiger partial charge on any atom is -0.464 e. The Balaban J connectivity index is 1.93. The first kappa shape index (κ1) is 19.3. The number of hydrogen-bond acceptors (Lipinski definition) is 8. The zero-order valence-corrected chi connectivity index (χ0v) is 15.7. The number of hydrogen-bond donors (Lipinski definition) is 4. The maximum Gasteiger partial charge on any atom is 0.164 e. The molecule has 0 amide bonds. The van der Waals surface area contributed by atoms with Crippen molar-refractivity contribution in [3.8, 4) is 17.4 Å². The van der Waals surface area contributed by atoms with Gasteiger partial charge in [0.1, 0.15) is 40.9 Å². The molecule has 2 aliphatic rings. The molecule has 1 saturated heterocycles. The quantitative estimate of drug-likeness (QED) is 0.553. The summed E-state index contributed by atoms with van der Waals surface area (Å²) in [6, 6.07) is 5.64. The van der Waals surface area contributed by atoms with Crippen LogP contribution in [-0.4, -0.2) is 56.0 Å². The Morgan fingerprint density at radius 2 is 2.00 bits per heavy atom. The van der Waals surface area contributed by atoms with E-state index in [4.69, 9.17) is 21.4 Å². The van der Waals surface area contributed by atoms with E-state index in [-0.39, 0.29) is 10.2 Å². The van der Waals surface area contributed by atoms with Crippen molar-refractivity contribution in [2.45, 2.75) is 49.9 Å². The molecule has 5 atom stereocenters. The van der Waals surface area contributed by atoms with E-state index in [9.17, 15) is 25.7 Å². The highest BCUT2D eigenvalue weighted by molar-refractivity contribution is 7.71. The third-order valence-corrected chi connectivity index (χ3v) is 5.87. The summed E-state index contributed by atoms with van der Waals surface area (Å²) in [5.41, 5.74) is 2.55. The molecule has 9 heteroatoms. The number of ether oxygens (including phenoxy) is 1. The molecule has 1 fully saturated rings. The predicted octanol–water partition coefficient (Wildman–Crippen LogP) is 0.810. The van der Waals surface area contributed by atoms with Crippen molar-refractivity contribution in [1.29, 1.82) is 5.26 Å². The van der Waals surface area contributed by atoms with Gasteiger partial charge in [0.15, 0.2) is 6.23 Å². The number of rotatable bonds is 3. The van der Waals surface area contributed by atoms with Gasteiger partial charge in [-0.2, -0.15) is 5.26 Å². The van der Waals surface area contributed by atoms with Gasteiger partial charge in [-0.1, -0.05) is 12.2 Å². The fourth-order valence-corrected chi connectivity index (χ4v) is 4.49. The van der Waals surface area contributed by atoms with Crippen LogP contribution in [0.3, 0.4) is 0 Å². The van der Waals surface area contributed by atoms with Gasteiger partial charge >= 0.3 is 0 Å². The first-order valence-corrected chi connectivity index (χ1v) is 9.45. The Bertz CT molecular complexity index is 978. The fraction of sp³-hybridized carbons (Fsp3) is 0.474. The average Bonchev–Trinajstić information content (AvgIpc) is 3.38. The van der Waals surface area contributed by atoms with Crippen molar-refractivity contribution in [1.82, 2.24) is 4.57 Å². The lowest BCUT2D eigenvalue weighted by Crippen LogP contribution is -2.56. The molecule has 0 spiro atoms. The van der Waals surface area contributed by atoms with Crippen LogP contribution in [0, 0.1) is 16.0 Å². The largest absolute Gasteiger partial charge is 0.464 e. The number of aromatic nitrogens is 1. The Morgan fingerprint density at radius 1 is 1.21 bits per heavy atom. The minimum absolute atomic E-state index is 0.152. The van der Waals surface area contributed by atoms with Crippen LogP contribution in [0.25, 0.3) is 11.3 Å². The first-order chi connectivity index (χ1) is 13.5. The van der Waals surface area contributed by atoms with Gasteiger partial charge in [-0.05, 0) is 37.0 Å². The standard InChI is InChI=1S/C19H20N2O6S/c20-7-10-14(12-5-2-6-26-12)9-3-1-4-11(9)21(19(10)28)18-17(25)16(24)15(23)13(8-22)27-18/h2,5-6,13,15-18,22-25H,1,3-4,8H2/t13-,15+,16+,17-,18-/m1/s1. The second-order valence-corrected chi connectivity index (χ2v) is 7.40. The van der Waals surface area contributed by atoms with Crippen LogP contribution in [0.4, 0.5) is 0 Å². The summed E-state index contributed by atoms with van der Waals surface area (Å²) < 4.78 is 12.9. The smallest absolute Gasteiger partial charge is 0.164 e. The Labute approximate surface area is 165 Å². The molecule has 0 saturated carbocycles. The monoisotopic (exact) mass is 404 g/mol. The van der Waals surface area contributed by atoms with Gasteiger partial charge in [0.2, 0.25) is 0 Å². The van der Waals surface area contributed by atoms with Gasteiger partial charge in [0.25, 0.3) is 0 Å². The SMILES string of the molecule is N#Cc1c(-c2ccco2)c2c(n([C@@H]3O[C@H](CO)[C@H](O)[C@H](O)[C@H]3O)c1=S)CCC2. The van der Waals surface area contributed by atoms with Crippen molar-refractivity contribution >= 4 is 12.2 Å². The Morgan fingerprint density at radius 3 is 2.64 bits per heavy atom. The van der Waals surface area contributed by atoms with Crippen LogP contribution >= 0.6 is 12.2 Å². The molecule has 1 aliphatic heterocycles. The number of fused-ring (bicyclic) bond motifs is 1. The number of pyridine rings is 1. The first-order valence-electron chi connectivity index (χ1n) is 9.04. The van der Waals surface area contributed by atoms with Crippen molar-refractivity contribution in [3.05, 3.63) is 39.9 Å². The molecule has 2 aromatic heterocycles. The lowest BCUT2D eigenvalue weighted by Gasteiger charge is -2.41. The number of furan rings is 1. The van der Waals surface area contributed by atoms with Crippen LogP contribution in [0.5, 0.6) is 0 Å². The zero-order valence-electron chi connectivity index (χ0n) is 14.9. The maximum atomic E-state index is 10.6. The van der Waals surface area contributed by atoms with E-state index in [1.54, 1.807) is 16.7 Å². The molecule has 28 heavy (non-hydrogen) atoms. The molecular formula is C19H20N2O6S. The lowest BCUT2D eigenvalue weighted by atomic mass is 9.96. The van der Waals surface area contributed by atoms with Crippen LogP contribution in [-0.2, 0) is 17.6 Å². The van der Waals surface area contributed by atoms with Gasteiger partial charge in [0.05, 0.1) is 18.4 Å². The number of nitriles is 1. The van der Waals surface area contributed by atoms with E-state index >= 15 is 0 Å². The summed E-state index contributed by atoms with van der Waals surface area (Å²) in [4.78, 5) is 0. The van der Waals surface area contributed by atoms with Crippen molar-refractivity contribution in [3.63, 3.8) is 0 Å². The summed E-state index contributed by atoms with van der Waals surface area (Å²) in [7, 11) is 0. The third kappa shape index (κ3) is 2.81. The topological polar surface area (TPSA) is 132 Å². The lowest BCUT2D eigenvalue weighted by molar-refractivity contribution is -0.252. The van der Waals surface area contributed by atoms with Gasteiger partial charge in [0, 0.05) is 11.3 Å². The normalized spacial score (nSPS) is 29.5. The summed E-state index contributed by atoms with van der Waals surface area (Å²) in [5.74, 6) is 0.543. The van der Waals surface area contributed by atoms with Gasteiger partial charge in [-0.3, -0.25) is 0 Å².